The van der Waals surface area contributed by atoms with Crippen LogP contribution in [0.25, 0.3) is 0 Å². The quantitative estimate of drug-likeness (QED) is 0.494. The number of carbonyl (C=O) groups is 3. The van der Waals surface area contributed by atoms with Crippen molar-refractivity contribution >= 4 is 23.4 Å². The zero-order valence-corrected chi connectivity index (χ0v) is 19.4. The minimum Gasteiger partial charge on any atom is -0.497 e. The molecule has 1 fully saturated rings. The van der Waals surface area contributed by atoms with Crippen LogP contribution in [-0.2, 0) is 20.9 Å². The molecule has 3 aromatic rings. The van der Waals surface area contributed by atoms with Crippen LogP contribution in [-0.4, -0.2) is 42.3 Å². The van der Waals surface area contributed by atoms with Gasteiger partial charge in [-0.1, -0.05) is 30.3 Å². The zero-order valence-electron chi connectivity index (χ0n) is 19.4. The number of methoxy groups -OCH3 is 1. The summed E-state index contributed by atoms with van der Waals surface area (Å²) in [4.78, 5) is 39.0. The number of amides is 3. The fourth-order valence-electron chi connectivity index (χ4n) is 3.78. The minimum absolute atomic E-state index is 0.00897. The van der Waals surface area contributed by atoms with Crippen LogP contribution in [0.2, 0.25) is 0 Å². The Morgan fingerprint density at radius 3 is 2.29 bits per heavy atom. The van der Waals surface area contributed by atoms with Gasteiger partial charge in [-0.2, -0.15) is 0 Å². The molecule has 4 rings (SSSR count). The van der Waals surface area contributed by atoms with Gasteiger partial charge in [-0.25, -0.2) is 0 Å². The molecule has 0 aromatic heterocycles. The van der Waals surface area contributed by atoms with E-state index in [-0.39, 0.29) is 37.1 Å². The number of hydrogen-bond acceptors (Lipinski definition) is 5. The smallest absolute Gasteiger partial charge is 0.245 e. The topological polar surface area (TPSA) is 97.0 Å². The lowest BCUT2D eigenvalue weighted by molar-refractivity contribution is -0.145. The van der Waals surface area contributed by atoms with E-state index in [0.717, 1.165) is 17.1 Å². The highest BCUT2D eigenvalue weighted by Gasteiger charge is 2.32. The Hall–Kier alpha value is -4.33. The van der Waals surface area contributed by atoms with Gasteiger partial charge in [0, 0.05) is 18.7 Å². The van der Waals surface area contributed by atoms with Crippen molar-refractivity contribution in [2.45, 2.75) is 25.4 Å². The Morgan fingerprint density at radius 1 is 0.943 bits per heavy atom. The molecule has 0 spiro atoms. The summed E-state index contributed by atoms with van der Waals surface area (Å²) >= 11 is 0. The van der Waals surface area contributed by atoms with Crippen LogP contribution >= 0.6 is 0 Å². The average molecular weight is 474 g/mol. The van der Waals surface area contributed by atoms with Crippen molar-refractivity contribution in [1.82, 2.24) is 10.2 Å². The Kier molecular flexibility index (Phi) is 7.62. The molecule has 0 saturated carbocycles. The summed E-state index contributed by atoms with van der Waals surface area (Å²) in [5, 5.41) is 5.52. The molecule has 1 aliphatic rings. The predicted octanol–water partition coefficient (Wildman–Crippen LogP) is 3.73. The van der Waals surface area contributed by atoms with Crippen LogP contribution < -0.4 is 20.1 Å². The zero-order chi connectivity index (χ0) is 24.6. The molecule has 3 aromatic carbocycles. The number of hydrogen-bond donors (Lipinski definition) is 2. The van der Waals surface area contributed by atoms with E-state index >= 15 is 0 Å². The molecule has 1 atom stereocenters. The van der Waals surface area contributed by atoms with Gasteiger partial charge in [-0.05, 0) is 60.5 Å². The van der Waals surface area contributed by atoms with Crippen molar-refractivity contribution in [2.24, 2.45) is 0 Å². The van der Waals surface area contributed by atoms with E-state index < -0.39 is 6.04 Å². The number of benzene rings is 3. The van der Waals surface area contributed by atoms with E-state index in [1.807, 2.05) is 54.6 Å². The standard InChI is InChI=1S/C27H27N3O5/c1-34-21-11-7-19(8-12-21)17-30-18-26(32)29-24(27(30)33)15-16-25(31)28-20-9-13-23(14-10-20)35-22-5-3-2-4-6-22/h2-14,24H,15-18H2,1H3,(H,28,31)(H,29,32)/t24-/m0/s1. The summed E-state index contributed by atoms with van der Waals surface area (Å²) in [6.07, 6.45) is 0.306. The maximum absolute atomic E-state index is 12.9. The molecule has 0 aliphatic carbocycles. The van der Waals surface area contributed by atoms with E-state index in [9.17, 15) is 14.4 Å². The highest BCUT2D eigenvalue weighted by atomic mass is 16.5. The number of para-hydroxylation sites is 1. The monoisotopic (exact) mass is 473 g/mol. The first-order valence-corrected chi connectivity index (χ1v) is 11.3. The molecular weight excluding hydrogens is 446 g/mol. The number of carbonyl (C=O) groups excluding carboxylic acids is 3. The normalized spacial score (nSPS) is 15.3. The summed E-state index contributed by atoms with van der Waals surface area (Å²) in [5.74, 6) is 1.43. The van der Waals surface area contributed by atoms with Crippen LogP contribution in [0.3, 0.4) is 0 Å². The Morgan fingerprint density at radius 2 is 1.60 bits per heavy atom. The molecule has 0 bridgehead atoms. The van der Waals surface area contributed by atoms with Crippen LogP contribution in [0.4, 0.5) is 5.69 Å². The maximum Gasteiger partial charge on any atom is 0.245 e. The van der Waals surface area contributed by atoms with Gasteiger partial charge in [0.2, 0.25) is 17.7 Å². The lowest BCUT2D eigenvalue weighted by Gasteiger charge is -2.32. The minimum atomic E-state index is -0.734. The van der Waals surface area contributed by atoms with Crippen LogP contribution in [0.5, 0.6) is 17.2 Å². The number of anilines is 1. The van der Waals surface area contributed by atoms with Crippen LogP contribution in [0.1, 0.15) is 18.4 Å². The predicted molar refractivity (Wildman–Crippen MR) is 131 cm³/mol. The molecule has 35 heavy (non-hydrogen) atoms. The van der Waals surface area contributed by atoms with Gasteiger partial charge in [0.05, 0.1) is 13.7 Å². The second-order valence-electron chi connectivity index (χ2n) is 8.19. The Balaban J connectivity index is 1.28. The number of ether oxygens (including phenoxy) is 2. The van der Waals surface area contributed by atoms with Gasteiger partial charge < -0.3 is 25.0 Å². The molecule has 180 valence electrons. The van der Waals surface area contributed by atoms with Crippen LogP contribution in [0, 0.1) is 0 Å². The van der Waals surface area contributed by atoms with Gasteiger partial charge in [0.25, 0.3) is 0 Å². The van der Waals surface area contributed by atoms with Crippen molar-refractivity contribution in [3.63, 3.8) is 0 Å². The second-order valence-corrected chi connectivity index (χ2v) is 8.19. The highest BCUT2D eigenvalue weighted by Crippen LogP contribution is 2.23. The molecule has 2 N–H and O–H groups in total. The number of nitrogens with zero attached hydrogens (tertiary/aromatic N) is 1. The van der Waals surface area contributed by atoms with E-state index in [1.54, 1.807) is 31.4 Å². The number of nitrogens with one attached hydrogen (secondary N) is 2. The van der Waals surface area contributed by atoms with Gasteiger partial charge in [-0.15, -0.1) is 0 Å². The molecule has 1 aliphatic heterocycles. The largest absolute Gasteiger partial charge is 0.497 e. The fraction of sp³-hybridized carbons (Fsp3) is 0.222. The average Bonchev–Trinajstić information content (AvgIpc) is 2.87. The molecule has 3 amide bonds. The van der Waals surface area contributed by atoms with Crippen molar-refractivity contribution in [1.29, 1.82) is 0 Å². The van der Waals surface area contributed by atoms with E-state index in [1.165, 1.54) is 4.90 Å². The second kappa shape index (κ2) is 11.2. The third kappa shape index (κ3) is 6.60. The SMILES string of the molecule is COc1ccc(CN2CC(=O)N[C@@H](CCC(=O)Nc3ccc(Oc4ccccc4)cc3)C2=O)cc1. The number of rotatable bonds is 9. The third-order valence-corrected chi connectivity index (χ3v) is 5.59. The molecule has 1 saturated heterocycles. The molecule has 1 heterocycles. The van der Waals surface area contributed by atoms with Crippen molar-refractivity contribution in [2.75, 3.05) is 19.0 Å². The molecular formula is C27H27N3O5. The van der Waals surface area contributed by atoms with E-state index in [4.69, 9.17) is 9.47 Å². The third-order valence-electron chi connectivity index (χ3n) is 5.59. The lowest BCUT2D eigenvalue weighted by Crippen LogP contribution is -2.57. The molecule has 8 heteroatoms. The van der Waals surface area contributed by atoms with Gasteiger partial charge in [0.15, 0.2) is 0 Å². The van der Waals surface area contributed by atoms with Gasteiger partial charge in [-0.3, -0.25) is 14.4 Å². The van der Waals surface area contributed by atoms with E-state index in [2.05, 4.69) is 10.6 Å². The van der Waals surface area contributed by atoms with E-state index in [0.29, 0.717) is 18.0 Å². The maximum atomic E-state index is 12.9. The Labute approximate surface area is 203 Å². The highest BCUT2D eigenvalue weighted by molar-refractivity contribution is 5.96. The lowest BCUT2D eigenvalue weighted by atomic mass is 10.1. The van der Waals surface area contributed by atoms with Crippen molar-refractivity contribution in [3.05, 3.63) is 84.4 Å². The summed E-state index contributed by atoms with van der Waals surface area (Å²) in [6, 6.07) is 23.1. The fourth-order valence-corrected chi connectivity index (χ4v) is 3.78. The Bertz CT molecular complexity index is 1160. The molecule has 0 radical (unpaired) electrons. The van der Waals surface area contributed by atoms with Crippen LogP contribution in [0.15, 0.2) is 78.9 Å². The number of piperazine rings is 1. The summed E-state index contributed by atoms with van der Waals surface area (Å²) in [6.45, 7) is 0.307. The first-order chi connectivity index (χ1) is 17.0. The van der Waals surface area contributed by atoms with Gasteiger partial charge in [0.1, 0.15) is 23.3 Å². The summed E-state index contributed by atoms with van der Waals surface area (Å²) in [7, 11) is 1.59. The van der Waals surface area contributed by atoms with Gasteiger partial charge >= 0.3 is 0 Å². The van der Waals surface area contributed by atoms with Crippen molar-refractivity contribution in [3.8, 4) is 17.2 Å². The summed E-state index contributed by atoms with van der Waals surface area (Å²) < 4.78 is 10.9. The van der Waals surface area contributed by atoms with Crippen molar-refractivity contribution < 1.29 is 23.9 Å². The molecule has 8 nitrogen and oxygen atoms in total. The molecule has 0 unspecified atom stereocenters. The summed E-state index contributed by atoms with van der Waals surface area (Å²) in [5.41, 5.74) is 1.51. The first kappa shape index (κ1) is 23.8. The first-order valence-electron chi connectivity index (χ1n) is 11.3.